The molecule has 0 amide bonds. The molecule has 1 aliphatic carbocycles. The zero-order valence-corrected chi connectivity index (χ0v) is 25.3. The summed E-state index contributed by atoms with van der Waals surface area (Å²) in [5, 5.41) is 9.35. The van der Waals surface area contributed by atoms with Crippen molar-refractivity contribution < 1.29 is 38.4 Å². The molecule has 1 aliphatic heterocycles. The predicted molar refractivity (Wildman–Crippen MR) is 163 cm³/mol. The van der Waals surface area contributed by atoms with E-state index in [0.29, 0.717) is 36.4 Å². The van der Waals surface area contributed by atoms with Gasteiger partial charge in [-0.2, -0.15) is 0 Å². The first-order valence-electron chi connectivity index (χ1n) is 15.2. The van der Waals surface area contributed by atoms with Crippen molar-refractivity contribution in [3.63, 3.8) is 0 Å². The van der Waals surface area contributed by atoms with Crippen LogP contribution in [-0.4, -0.2) is 50.6 Å². The lowest BCUT2D eigenvalue weighted by molar-refractivity contribution is -0.215. The first-order valence-corrected chi connectivity index (χ1v) is 15.2. The molecule has 1 saturated carbocycles. The van der Waals surface area contributed by atoms with E-state index >= 15 is 0 Å². The van der Waals surface area contributed by atoms with Crippen molar-refractivity contribution in [3.05, 3.63) is 72.3 Å². The Hall–Kier alpha value is -3.30. The number of methoxy groups -OCH3 is 1. The Labute approximate surface area is 254 Å². The highest BCUT2D eigenvalue weighted by molar-refractivity contribution is 5.90. The summed E-state index contributed by atoms with van der Waals surface area (Å²) in [4.78, 5) is 24.6. The number of unbranched alkanes of at least 4 members (excludes halogenated alkanes) is 1. The number of rotatable bonds is 13. The number of benzene rings is 2. The Balaban J connectivity index is 1.47. The van der Waals surface area contributed by atoms with Gasteiger partial charge in [0.1, 0.15) is 11.5 Å². The van der Waals surface area contributed by atoms with E-state index in [2.05, 4.69) is 20.1 Å². The van der Waals surface area contributed by atoms with Gasteiger partial charge < -0.3 is 28.8 Å². The van der Waals surface area contributed by atoms with Gasteiger partial charge in [0.2, 0.25) is 0 Å². The number of carbonyl (C=O) groups excluding carboxylic acids is 2. The topological polar surface area (TPSA) is 101 Å². The van der Waals surface area contributed by atoms with Crippen LogP contribution in [0.5, 0.6) is 11.5 Å². The Bertz CT molecular complexity index is 1250. The zero-order valence-electron chi connectivity index (χ0n) is 25.3. The zero-order chi connectivity index (χ0) is 30.8. The SMILES string of the molecule is C=C(COC)C(=O)Oc1ccc(-c2ccc(OC(=O)C(=C)CO)c(C3OCC(C4CCC(CCCC)CC4)CO3)c2)cc1. The molecule has 8 nitrogen and oxygen atoms in total. The smallest absolute Gasteiger partial charge is 0.341 e. The lowest BCUT2D eigenvalue weighted by Crippen LogP contribution is -2.34. The van der Waals surface area contributed by atoms with E-state index in [4.69, 9.17) is 23.7 Å². The van der Waals surface area contributed by atoms with Crippen LogP contribution in [0.25, 0.3) is 11.1 Å². The van der Waals surface area contributed by atoms with Crippen LogP contribution in [0.4, 0.5) is 0 Å². The highest BCUT2D eigenvalue weighted by Crippen LogP contribution is 2.41. The lowest BCUT2D eigenvalue weighted by Gasteiger charge is -2.38. The van der Waals surface area contributed by atoms with Crippen LogP contribution in [0.15, 0.2) is 66.8 Å². The maximum absolute atomic E-state index is 12.5. The largest absolute Gasteiger partial charge is 0.423 e. The summed E-state index contributed by atoms with van der Waals surface area (Å²) in [5.74, 6) is 1.16. The van der Waals surface area contributed by atoms with Gasteiger partial charge in [-0.25, -0.2) is 9.59 Å². The molecule has 2 aromatic carbocycles. The summed E-state index contributed by atoms with van der Waals surface area (Å²) >= 11 is 0. The lowest BCUT2D eigenvalue weighted by atomic mass is 9.74. The standard InChI is InChI=1S/C35H44O8/c1-5-6-7-25-8-10-27(11-9-25)29-21-40-35(41-22-29)31-18-28(14-17-32(31)43-33(37)23(2)19-36)26-12-15-30(16-13-26)42-34(38)24(3)20-39-4/h12-18,25,27,29,35-36H,2-3,5-11,19-22H2,1,4H3. The van der Waals surface area contributed by atoms with E-state index in [1.807, 2.05) is 24.3 Å². The Morgan fingerprint density at radius 1 is 0.884 bits per heavy atom. The molecule has 0 bridgehead atoms. The molecule has 232 valence electrons. The molecule has 2 aromatic rings. The minimum Gasteiger partial charge on any atom is -0.423 e. The maximum atomic E-state index is 12.5. The van der Waals surface area contributed by atoms with Gasteiger partial charge in [0.25, 0.3) is 0 Å². The highest BCUT2D eigenvalue weighted by atomic mass is 16.7. The van der Waals surface area contributed by atoms with Crippen molar-refractivity contribution in [1.82, 2.24) is 0 Å². The monoisotopic (exact) mass is 592 g/mol. The first-order chi connectivity index (χ1) is 20.8. The second kappa shape index (κ2) is 16.0. The average molecular weight is 593 g/mol. The molecule has 0 unspecified atom stereocenters. The van der Waals surface area contributed by atoms with Crippen molar-refractivity contribution in [1.29, 1.82) is 0 Å². The Morgan fingerprint density at radius 3 is 2.16 bits per heavy atom. The molecule has 8 heteroatoms. The van der Waals surface area contributed by atoms with E-state index in [1.54, 1.807) is 18.2 Å². The molecular weight excluding hydrogens is 548 g/mol. The number of hydrogen-bond acceptors (Lipinski definition) is 8. The average Bonchev–Trinajstić information content (AvgIpc) is 3.04. The molecule has 0 radical (unpaired) electrons. The minimum atomic E-state index is -0.716. The van der Waals surface area contributed by atoms with Crippen molar-refractivity contribution in [2.75, 3.05) is 33.5 Å². The van der Waals surface area contributed by atoms with Crippen molar-refractivity contribution in [2.45, 2.75) is 58.2 Å². The molecule has 1 saturated heterocycles. The normalized spacial score (nSPS) is 22.0. The van der Waals surface area contributed by atoms with Crippen LogP contribution in [0.1, 0.15) is 63.7 Å². The summed E-state index contributed by atoms with van der Waals surface area (Å²) in [5.41, 5.74) is 2.43. The van der Waals surface area contributed by atoms with Gasteiger partial charge in [-0.05, 0) is 60.1 Å². The molecule has 2 fully saturated rings. The van der Waals surface area contributed by atoms with Crippen LogP contribution in [0.2, 0.25) is 0 Å². The fraction of sp³-hybridized carbons (Fsp3) is 0.486. The summed E-state index contributed by atoms with van der Waals surface area (Å²) in [6, 6.07) is 12.4. The van der Waals surface area contributed by atoms with Gasteiger partial charge in [0.15, 0.2) is 6.29 Å². The van der Waals surface area contributed by atoms with Gasteiger partial charge in [0.05, 0.1) is 43.1 Å². The fourth-order valence-electron chi connectivity index (χ4n) is 5.78. The van der Waals surface area contributed by atoms with Crippen LogP contribution < -0.4 is 9.47 Å². The molecule has 2 aliphatic rings. The van der Waals surface area contributed by atoms with E-state index in [1.165, 1.54) is 52.1 Å². The summed E-state index contributed by atoms with van der Waals surface area (Å²) in [7, 11) is 1.48. The van der Waals surface area contributed by atoms with Crippen LogP contribution in [0.3, 0.4) is 0 Å². The highest BCUT2D eigenvalue weighted by Gasteiger charge is 2.33. The maximum Gasteiger partial charge on any atom is 0.341 e. The van der Waals surface area contributed by atoms with Crippen LogP contribution in [0, 0.1) is 17.8 Å². The summed E-state index contributed by atoms with van der Waals surface area (Å²) in [6.45, 7) is 10.2. The molecule has 4 rings (SSSR count). The third-order valence-corrected chi connectivity index (χ3v) is 8.40. The number of carbonyl (C=O) groups is 2. The molecule has 0 aromatic heterocycles. The van der Waals surface area contributed by atoms with Gasteiger partial charge >= 0.3 is 11.9 Å². The number of hydrogen-bond donors (Lipinski definition) is 1. The molecule has 43 heavy (non-hydrogen) atoms. The van der Waals surface area contributed by atoms with Gasteiger partial charge in [-0.1, -0.05) is 70.4 Å². The van der Waals surface area contributed by atoms with Crippen molar-refractivity contribution >= 4 is 11.9 Å². The predicted octanol–water partition coefficient (Wildman–Crippen LogP) is 6.57. The molecule has 1 N–H and O–H groups in total. The molecule has 1 heterocycles. The number of esters is 2. The quantitative estimate of drug-likeness (QED) is 0.158. The van der Waals surface area contributed by atoms with E-state index in [0.717, 1.165) is 17.0 Å². The third-order valence-electron chi connectivity index (χ3n) is 8.40. The minimum absolute atomic E-state index is 0.0478. The number of ether oxygens (including phenoxy) is 5. The van der Waals surface area contributed by atoms with Gasteiger partial charge in [0, 0.05) is 13.0 Å². The number of aliphatic hydroxyl groups excluding tert-OH is 1. The summed E-state index contributed by atoms with van der Waals surface area (Å²) < 4.78 is 28.4. The van der Waals surface area contributed by atoms with Crippen molar-refractivity contribution in [2.24, 2.45) is 17.8 Å². The van der Waals surface area contributed by atoms with E-state index in [-0.39, 0.29) is 23.5 Å². The summed E-state index contributed by atoms with van der Waals surface area (Å²) in [6.07, 6.45) is 8.17. The van der Waals surface area contributed by atoms with Gasteiger partial charge in [-0.15, -0.1) is 0 Å². The fourth-order valence-corrected chi connectivity index (χ4v) is 5.78. The van der Waals surface area contributed by atoms with Crippen LogP contribution >= 0.6 is 0 Å². The van der Waals surface area contributed by atoms with Crippen LogP contribution in [-0.2, 0) is 23.8 Å². The molecule has 0 spiro atoms. The van der Waals surface area contributed by atoms with Crippen molar-refractivity contribution in [3.8, 4) is 22.6 Å². The Kier molecular flexibility index (Phi) is 12.1. The first kappa shape index (κ1) is 32.6. The van der Waals surface area contributed by atoms with E-state index < -0.39 is 24.8 Å². The second-order valence-corrected chi connectivity index (χ2v) is 11.5. The molecule has 0 atom stereocenters. The third kappa shape index (κ3) is 8.86. The van der Waals surface area contributed by atoms with Gasteiger partial charge in [-0.3, -0.25) is 0 Å². The second-order valence-electron chi connectivity index (χ2n) is 11.5. The number of aliphatic hydroxyl groups is 1. The van der Waals surface area contributed by atoms with E-state index in [9.17, 15) is 14.7 Å². The Morgan fingerprint density at radius 2 is 1.53 bits per heavy atom. The molecular formula is C35H44O8.